The van der Waals surface area contributed by atoms with E-state index < -0.39 is 10.0 Å². The molecule has 0 radical (unpaired) electrons. The number of hydrogen-bond donors (Lipinski definition) is 2. The first-order chi connectivity index (χ1) is 6.90. The molecule has 0 aromatic carbocycles. The SMILES string of the molecule is C[C@@H]1C[C@H]1C(=O)NCCCNS(C)(=O)=O. The predicted octanol–water partition coefficient (Wildman–Crippen LogP) is -0.302. The van der Waals surface area contributed by atoms with Crippen molar-refractivity contribution >= 4 is 15.9 Å². The Bertz CT molecular complexity index is 326. The van der Waals surface area contributed by atoms with Crippen LogP contribution in [0.4, 0.5) is 0 Å². The number of amides is 1. The zero-order valence-corrected chi connectivity index (χ0v) is 9.93. The highest BCUT2D eigenvalue weighted by molar-refractivity contribution is 7.88. The maximum atomic E-state index is 11.3. The fraction of sp³-hybridized carbons (Fsp3) is 0.889. The smallest absolute Gasteiger partial charge is 0.223 e. The molecule has 1 aliphatic carbocycles. The number of carbonyl (C=O) groups is 1. The molecule has 1 rings (SSSR count). The maximum Gasteiger partial charge on any atom is 0.223 e. The van der Waals surface area contributed by atoms with E-state index in [1.807, 2.05) is 0 Å². The lowest BCUT2D eigenvalue weighted by Gasteiger charge is -2.04. The van der Waals surface area contributed by atoms with Gasteiger partial charge in [0.05, 0.1) is 6.26 Å². The summed E-state index contributed by atoms with van der Waals surface area (Å²) in [4.78, 5) is 11.3. The maximum absolute atomic E-state index is 11.3. The summed E-state index contributed by atoms with van der Waals surface area (Å²) in [6, 6.07) is 0. The van der Waals surface area contributed by atoms with Crippen molar-refractivity contribution in [3.8, 4) is 0 Å². The molecule has 0 heterocycles. The van der Waals surface area contributed by atoms with Crippen LogP contribution in [0.5, 0.6) is 0 Å². The van der Waals surface area contributed by atoms with Crippen molar-refractivity contribution in [3.63, 3.8) is 0 Å². The molecule has 5 nitrogen and oxygen atoms in total. The van der Waals surface area contributed by atoms with Gasteiger partial charge < -0.3 is 5.32 Å². The van der Waals surface area contributed by atoms with Crippen LogP contribution in [0.2, 0.25) is 0 Å². The van der Waals surface area contributed by atoms with Gasteiger partial charge in [-0.1, -0.05) is 6.92 Å². The van der Waals surface area contributed by atoms with E-state index in [1.54, 1.807) is 0 Å². The summed E-state index contributed by atoms with van der Waals surface area (Å²) in [6.07, 6.45) is 2.73. The summed E-state index contributed by atoms with van der Waals surface area (Å²) < 4.78 is 23.8. The lowest BCUT2D eigenvalue weighted by Crippen LogP contribution is -2.30. The van der Waals surface area contributed by atoms with Crippen LogP contribution in [0.15, 0.2) is 0 Å². The molecule has 88 valence electrons. The Kier molecular flexibility index (Phi) is 4.10. The molecule has 1 fully saturated rings. The third kappa shape index (κ3) is 5.13. The third-order valence-corrected chi connectivity index (χ3v) is 3.19. The van der Waals surface area contributed by atoms with Crippen LogP contribution in [0.1, 0.15) is 19.8 Å². The van der Waals surface area contributed by atoms with Gasteiger partial charge in [-0.05, 0) is 18.8 Å². The zero-order valence-electron chi connectivity index (χ0n) is 9.12. The van der Waals surface area contributed by atoms with Gasteiger partial charge in [0.25, 0.3) is 0 Å². The van der Waals surface area contributed by atoms with E-state index in [9.17, 15) is 13.2 Å². The quantitative estimate of drug-likeness (QED) is 0.619. The molecule has 0 saturated heterocycles. The molecule has 2 atom stereocenters. The molecule has 15 heavy (non-hydrogen) atoms. The second-order valence-corrected chi connectivity index (χ2v) is 5.96. The van der Waals surface area contributed by atoms with Gasteiger partial charge in [-0.25, -0.2) is 13.1 Å². The highest BCUT2D eigenvalue weighted by Crippen LogP contribution is 2.37. The van der Waals surface area contributed by atoms with E-state index in [-0.39, 0.29) is 11.8 Å². The van der Waals surface area contributed by atoms with Gasteiger partial charge in [0, 0.05) is 19.0 Å². The fourth-order valence-electron chi connectivity index (χ4n) is 1.38. The van der Waals surface area contributed by atoms with E-state index in [0.29, 0.717) is 25.4 Å². The van der Waals surface area contributed by atoms with Gasteiger partial charge >= 0.3 is 0 Å². The summed E-state index contributed by atoms with van der Waals surface area (Å²) >= 11 is 0. The molecule has 0 aliphatic heterocycles. The highest BCUT2D eigenvalue weighted by atomic mass is 32.2. The number of carbonyl (C=O) groups excluding carboxylic acids is 1. The molecule has 1 saturated carbocycles. The molecule has 0 bridgehead atoms. The molecular formula is C9H18N2O3S. The van der Waals surface area contributed by atoms with Gasteiger partial charge in [-0.3, -0.25) is 4.79 Å². The van der Waals surface area contributed by atoms with Crippen molar-refractivity contribution in [2.75, 3.05) is 19.3 Å². The Balaban J connectivity index is 2.00. The van der Waals surface area contributed by atoms with Gasteiger partial charge in [-0.2, -0.15) is 0 Å². The van der Waals surface area contributed by atoms with Crippen LogP contribution >= 0.6 is 0 Å². The summed E-state index contributed by atoms with van der Waals surface area (Å²) in [5.41, 5.74) is 0. The van der Waals surface area contributed by atoms with Gasteiger partial charge in [0.1, 0.15) is 0 Å². The number of nitrogens with one attached hydrogen (secondary N) is 2. The molecule has 6 heteroatoms. The van der Waals surface area contributed by atoms with Gasteiger partial charge in [0.2, 0.25) is 15.9 Å². The van der Waals surface area contributed by atoms with Crippen molar-refractivity contribution in [1.82, 2.24) is 10.0 Å². The average Bonchev–Trinajstić information content (AvgIpc) is 2.80. The topological polar surface area (TPSA) is 75.3 Å². The van der Waals surface area contributed by atoms with E-state index in [1.165, 1.54) is 0 Å². The average molecular weight is 234 g/mol. The van der Waals surface area contributed by atoms with Crippen LogP contribution in [-0.4, -0.2) is 33.7 Å². The highest BCUT2D eigenvalue weighted by Gasteiger charge is 2.38. The second-order valence-electron chi connectivity index (χ2n) is 4.13. The van der Waals surface area contributed by atoms with Crippen LogP contribution in [0, 0.1) is 11.8 Å². The lowest BCUT2D eigenvalue weighted by molar-refractivity contribution is -0.122. The molecule has 1 aliphatic rings. The van der Waals surface area contributed by atoms with Gasteiger partial charge in [-0.15, -0.1) is 0 Å². The van der Waals surface area contributed by atoms with Crippen molar-refractivity contribution in [1.29, 1.82) is 0 Å². The van der Waals surface area contributed by atoms with E-state index in [4.69, 9.17) is 0 Å². The van der Waals surface area contributed by atoms with Crippen molar-refractivity contribution in [3.05, 3.63) is 0 Å². The Labute approximate surface area is 90.7 Å². The largest absolute Gasteiger partial charge is 0.356 e. The summed E-state index contributed by atoms with van der Waals surface area (Å²) in [6.45, 7) is 2.96. The minimum absolute atomic E-state index is 0.0989. The minimum atomic E-state index is -3.10. The molecule has 2 N–H and O–H groups in total. The Morgan fingerprint density at radius 1 is 1.40 bits per heavy atom. The summed E-state index contributed by atoms with van der Waals surface area (Å²) in [5, 5.41) is 2.79. The summed E-state index contributed by atoms with van der Waals surface area (Å²) in [5.74, 6) is 0.800. The molecule has 0 aromatic heterocycles. The standard InChI is InChI=1S/C9H18N2O3S/c1-7-6-8(7)9(12)10-4-3-5-11-15(2,13)14/h7-8,11H,3-6H2,1-2H3,(H,10,12)/t7-,8-/m1/s1. The first-order valence-electron chi connectivity index (χ1n) is 5.12. The number of rotatable bonds is 6. The number of hydrogen-bond acceptors (Lipinski definition) is 3. The van der Waals surface area contributed by atoms with Crippen molar-refractivity contribution < 1.29 is 13.2 Å². The zero-order chi connectivity index (χ0) is 11.5. The normalized spacial score (nSPS) is 24.9. The lowest BCUT2D eigenvalue weighted by atomic mass is 10.3. The molecular weight excluding hydrogens is 216 g/mol. The van der Waals surface area contributed by atoms with Crippen LogP contribution < -0.4 is 10.0 Å². The predicted molar refractivity (Wildman–Crippen MR) is 57.7 cm³/mol. The Morgan fingerprint density at radius 2 is 2.00 bits per heavy atom. The van der Waals surface area contributed by atoms with Crippen molar-refractivity contribution in [2.24, 2.45) is 11.8 Å². The van der Waals surface area contributed by atoms with Crippen LogP contribution in [0.3, 0.4) is 0 Å². The van der Waals surface area contributed by atoms with Crippen LogP contribution in [-0.2, 0) is 14.8 Å². The van der Waals surface area contributed by atoms with E-state index >= 15 is 0 Å². The summed E-state index contributed by atoms with van der Waals surface area (Å²) in [7, 11) is -3.10. The van der Waals surface area contributed by atoms with E-state index in [2.05, 4.69) is 17.0 Å². The fourth-order valence-corrected chi connectivity index (χ4v) is 1.89. The second kappa shape index (κ2) is 4.94. The molecule has 1 amide bonds. The molecule has 0 unspecified atom stereocenters. The van der Waals surface area contributed by atoms with E-state index in [0.717, 1.165) is 12.7 Å². The monoisotopic (exact) mass is 234 g/mol. The van der Waals surface area contributed by atoms with Crippen LogP contribution in [0.25, 0.3) is 0 Å². The first kappa shape index (κ1) is 12.4. The Hall–Kier alpha value is -0.620. The number of sulfonamides is 1. The third-order valence-electron chi connectivity index (χ3n) is 2.46. The first-order valence-corrected chi connectivity index (χ1v) is 7.01. The van der Waals surface area contributed by atoms with Gasteiger partial charge in [0.15, 0.2) is 0 Å². The van der Waals surface area contributed by atoms with Crippen molar-refractivity contribution in [2.45, 2.75) is 19.8 Å². The Morgan fingerprint density at radius 3 is 2.47 bits per heavy atom. The minimum Gasteiger partial charge on any atom is -0.356 e. The molecule has 0 spiro atoms. The molecule has 0 aromatic rings.